The van der Waals surface area contributed by atoms with Crippen molar-refractivity contribution in [2.24, 2.45) is 5.41 Å². The van der Waals surface area contributed by atoms with Gasteiger partial charge in [0.2, 0.25) is 5.91 Å². The molecule has 1 N–H and O–H groups in total. The third kappa shape index (κ3) is 4.97. The first-order valence-electron chi connectivity index (χ1n) is 6.80. The highest BCUT2D eigenvalue weighted by atomic mass is 32.2. The van der Waals surface area contributed by atoms with E-state index in [2.05, 4.69) is 10.1 Å². The number of methoxy groups -OCH3 is 1. The average molecular weight is 309 g/mol. The van der Waals surface area contributed by atoms with Crippen LogP contribution in [0.1, 0.15) is 19.3 Å². The van der Waals surface area contributed by atoms with E-state index in [0.717, 1.165) is 12.8 Å². The van der Waals surface area contributed by atoms with Crippen LogP contribution in [-0.4, -0.2) is 34.7 Å². The van der Waals surface area contributed by atoms with Crippen molar-refractivity contribution < 1.29 is 18.5 Å². The average Bonchev–Trinajstić information content (AvgIpc) is 3.18. The van der Waals surface area contributed by atoms with Crippen molar-refractivity contribution in [3.63, 3.8) is 0 Å². The maximum Gasteiger partial charge on any atom is 0.306 e. The molecule has 0 saturated heterocycles. The Hall–Kier alpha value is -1.69. The fourth-order valence-electron chi connectivity index (χ4n) is 2.18. The lowest BCUT2D eigenvalue weighted by Crippen LogP contribution is -2.25. The van der Waals surface area contributed by atoms with Gasteiger partial charge in [0.25, 0.3) is 0 Å². The van der Waals surface area contributed by atoms with Crippen molar-refractivity contribution in [2.45, 2.75) is 19.3 Å². The highest BCUT2D eigenvalue weighted by molar-refractivity contribution is 7.85. The van der Waals surface area contributed by atoms with Crippen molar-refractivity contribution in [1.82, 2.24) is 0 Å². The van der Waals surface area contributed by atoms with Gasteiger partial charge in [0.05, 0.1) is 13.5 Å². The Morgan fingerprint density at radius 3 is 2.52 bits per heavy atom. The molecule has 0 heterocycles. The monoisotopic (exact) mass is 309 g/mol. The molecule has 1 unspecified atom stereocenters. The van der Waals surface area contributed by atoms with Crippen LogP contribution in [0.25, 0.3) is 0 Å². The van der Waals surface area contributed by atoms with E-state index in [1.165, 1.54) is 7.11 Å². The maximum absolute atomic E-state index is 12.1. The summed E-state index contributed by atoms with van der Waals surface area (Å²) in [4.78, 5) is 23.1. The smallest absolute Gasteiger partial charge is 0.306 e. The molecule has 0 aliphatic heterocycles. The zero-order valence-corrected chi connectivity index (χ0v) is 12.8. The molecule has 1 aliphatic carbocycles. The summed E-state index contributed by atoms with van der Waals surface area (Å²) >= 11 is 0. The van der Waals surface area contributed by atoms with Gasteiger partial charge in [0, 0.05) is 22.2 Å². The van der Waals surface area contributed by atoms with Gasteiger partial charge < -0.3 is 10.1 Å². The summed E-state index contributed by atoms with van der Waals surface area (Å²) < 4.78 is 16.7. The van der Waals surface area contributed by atoms with Crippen molar-refractivity contribution in [3.05, 3.63) is 30.3 Å². The van der Waals surface area contributed by atoms with Crippen molar-refractivity contribution in [1.29, 1.82) is 0 Å². The number of ether oxygens (including phenoxy) is 1. The molecule has 0 radical (unpaired) electrons. The quantitative estimate of drug-likeness (QED) is 0.778. The van der Waals surface area contributed by atoms with Crippen LogP contribution in [0.2, 0.25) is 0 Å². The van der Waals surface area contributed by atoms with Crippen LogP contribution in [0.5, 0.6) is 0 Å². The van der Waals surface area contributed by atoms with Gasteiger partial charge in [0.15, 0.2) is 0 Å². The Kier molecular flexibility index (Phi) is 5.12. The number of benzene rings is 1. The van der Waals surface area contributed by atoms with E-state index in [0.29, 0.717) is 11.4 Å². The first-order valence-corrected chi connectivity index (χ1v) is 8.28. The predicted octanol–water partition coefficient (Wildman–Crippen LogP) is 1.72. The summed E-state index contributed by atoms with van der Waals surface area (Å²) in [6.45, 7) is 0. The number of rotatable bonds is 7. The molecule has 0 spiro atoms. The topological polar surface area (TPSA) is 72.5 Å². The van der Waals surface area contributed by atoms with Crippen LogP contribution in [0.4, 0.5) is 5.69 Å². The molecule has 1 atom stereocenters. The molecule has 0 bridgehead atoms. The summed E-state index contributed by atoms with van der Waals surface area (Å²) in [5, 5.41) is 2.71. The second-order valence-corrected chi connectivity index (χ2v) is 6.85. The first kappa shape index (κ1) is 15.7. The van der Waals surface area contributed by atoms with E-state index >= 15 is 0 Å². The van der Waals surface area contributed by atoms with Crippen LogP contribution in [0.3, 0.4) is 0 Å². The van der Waals surface area contributed by atoms with Gasteiger partial charge in [-0.1, -0.05) is 18.2 Å². The minimum absolute atomic E-state index is 0.0438. The highest BCUT2D eigenvalue weighted by Crippen LogP contribution is 2.49. The van der Waals surface area contributed by atoms with Gasteiger partial charge in [-0.15, -0.1) is 0 Å². The highest BCUT2D eigenvalue weighted by Gasteiger charge is 2.46. The molecule has 1 aliphatic rings. The van der Waals surface area contributed by atoms with E-state index in [4.69, 9.17) is 0 Å². The van der Waals surface area contributed by atoms with Crippen molar-refractivity contribution in [2.75, 3.05) is 23.9 Å². The van der Waals surface area contributed by atoms with E-state index in [1.807, 2.05) is 18.2 Å². The molecule has 21 heavy (non-hydrogen) atoms. The zero-order valence-electron chi connectivity index (χ0n) is 12.0. The minimum Gasteiger partial charge on any atom is -0.469 e. The van der Waals surface area contributed by atoms with Crippen molar-refractivity contribution in [3.8, 4) is 0 Å². The molecule has 1 aromatic carbocycles. The fourth-order valence-corrected chi connectivity index (χ4v) is 3.73. The van der Waals surface area contributed by atoms with Crippen LogP contribution < -0.4 is 5.32 Å². The maximum atomic E-state index is 12.1. The zero-order chi connectivity index (χ0) is 15.3. The molecule has 1 fully saturated rings. The van der Waals surface area contributed by atoms with Gasteiger partial charge in [-0.05, 0) is 30.4 Å². The standard InChI is InChI=1S/C15H19NO4S/c1-20-14(18)9-15(7-8-15)11-21(19)10-13(17)16-12-5-3-2-4-6-12/h2-6H,7-11H2,1H3,(H,16,17). The molecule has 1 amide bonds. The number of amides is 1. The number of esters is 1. The van der Waals surface area contributed by atoms with Gasteiger partial charge in [-0.2, -0.15) is 0 Å². The predicted molar refractivity (Wildman–Crippen MR) is 81.2 cm³/mol. The van der Waals surface area contributed by atoms with Gasteiger partial charge in [0.1, 0.15) is 5.75 Å². The molecule has 1 saturated carbocycles. The lowest BCUT2D eigenvalue weighted by molar-refractivity contribution is -0.141. The molecule has 2 rings (SSSR count). The molecular weight excluding hydrogens is 290 g/mol. The van der Waals surface area contributed by atoms with Crippen molar-refractivity contribution >= 4 is 28.4 Å². The Labute approximate surface area is 126 Å². The number of hydrogen-bond donors (Lipinski definition) is 1. The second-order valence-electron chi connectivity index (χ2n) is 5.40. The molecule has 0 aromatic heterocycles. The van der Waals surface area contributed by atoms with Gasteiger partial charge in [-0.3, -0.25) is 13.8 Å². The minimum atomic E-state index is -1.27. The number of hydrogen-bond acceptors (Lipinski definition) is 4. The van der Waals surface area contributed by atoms with E-state index in [9.17, 15) is 13.8 Å². The second kappa shape index (κ2) is 6.85. The fraction of sp³-hybridized carbons (Fsp3) is 0.467. The normalized spacial score (nSPS) is 16.8. The number of para-hydroxylation sites is 1. The Morgan fingerprint density at radius 1 is 1.29 bits per heavy atom. The lowest BCUT2D eigenvalue weighted by atomic mass is 10.1. The molecule has 5 nitrogen and oxygen atoms in total. The number of nitrogens with one attached hydrogen (secondary N) is 1. The number of carbonyl (C=O) groups excluding carboxylic acids is 2. The van der Waals surface area contributed by atoms with Crippen LogP contribution in [0.15, 0.2) is 30.3 Å². The van der Waals surface area contributed by atoms with E-state index in [-0.39, 0.29) is 29.5 Å². The molecule has 1 aromatic rings. The first-order chi connectivity index (χ1) is 10.0. The van der Waals surface area contributed by atoms with E-state index in [1.54, 1.807) is 12.1 Å². The summed E-state index contributed by atoms with van der Waals surface area (Å²) in [5.74, 6) is -0.214. The summed E-state index contributed by atoms with van der Waals surface area (Å²) in [6.07, 6.45) is 2.03. The Morgan fingerprint density at radius 2 is 1.95 bits per heavy atom. The lowest BCUT2D eigenvalue weighted by Gasteiger charge is -2.13. The third-order valence-electron chi connectivity index (χ3n) is 3.52. The third-order valence-corrected chi connectivity index (χ3v) is 5.04. The Balaban J connectivity index is 1.79. The molecular formula is C15H19NO4S. The SMILES string of the molecule is COC(=O)CC1(CS(=O)CC(=O)Nc2ccccc2)CC1. The summed E-state index contributed by atoms with van der Waals surface area (Å²) in [7, 11) is 0.0809. The number of anilines is 1. The van der Waals surface area contributed by atoms with Crippen LogP contribution in [0, 0.1) is 5.41 Å². The summed E-state index contributed by atoms with van der Waals surface area (Å²) in [6, 6.07) is 9.06. The van der Waals surface area contributed by atoms with Crippen LogP contribution >= 0.6 is 0 Å². The van der Waals surface area contributed by atoms with Gasteiger partial charge in [-0.25, -0.2) is 0 Å². The molecule has 114 valence electrons. The summed E-state index contributed by atoms with van der Waals surface area (Å²) in [5.41, 5.74) is 0.473. The van der Waals surface area contributed by atoms with Crippen LogP contribution in [-0.2, 0) is 25.1 Å². The Bertz CT molecular complexity index is 540. The van der Waals surface area contributed by atoms with E-state index < -0.39 is 10.8 Å². The molecule has 6 heteroatoms. The number of carbonyl (C=O) groups is 2. The largest absolute Gasteiger partial charge is 0.469 e. The van der Waals surface area contributed by atoms with Gasteiger partial charge >= 0.3 is 5.97 Å².